The van der Waals surface area contributed by atoms with Gasteiger partial charge in [-0.25, -0.2) is 0 Å². The lowest BCUT2D eigenvalue weighted by Crippen LogP contribution is -2.46. The van der Waals surface area contributed by atoms with Crippen LogP contribution in [-0.4, -0.2) is 47.6 Å². The number of alkyl halides is 2. The molecule has 1 aromatic carbocycles. The maximum absolute atomic E-state index is 12.3. The summed E-state index contributed by atoms with van der Waals surface area (Å²) in [5.74, 6) is -1.35. The zero-order chi connectivity index (χ0) is 17.7. The first-order chi connectivity index (χ1) is 11.4. The number of nitrogens with zero attached hydrogens (tertiary/aromatic N) is 1. The predicted octanol–water partition coefficient (Wildman–Crippen LogP) is 2.41. The molecular weight excluding hydrogens is 322 g/mol. The van der Waals surface area contributed by atoms with Crippen molar-refractivity contribution in [3.8, 4) is 5.75 Å². The fourth-order valence-electron chi connectivity index (χ4n) is 2.67. The average Bonchev–Trinajstić information content (AvgIpc) is 2.55. The quantitative estimate of drug-likeness (QED) is 0.830. The number of aliphatic carboxylic acids is 1. The molecule has 24 heavy (non-hydrogen) atoms. The van der Waals surface area contributed by atoms with E-state index in [1.54, 1.807) is 6.92 Å². The highest BCUT2D eigenvalue weighted by Gasteiger charge is 2.29. The lowest BCUT2D eigenvalue weighted by molar-refractivity contribution is -0.143. The third-order valence-corrected chi connectivity index (χ3v) is 4.15. The molecule has 0 spiro atoms. The van der Waals surface area contributed by atoms with E-state index in [1.807, 2.05) is 4.90 Å². The molecule has 8 heteroatoms. The average molecular weight is 342 g/mol. The molecule has 1 aliphatic rings. The zero-order valence-electron chi connectivity index (χ0n) is 13.2. The minimum absolute atomic E-state index is 0.0202. The smallest absolute Gasteiger partial charge is 0.387 e. The van der Waals surface area contributed by atoms with Crippen LogP contribution in [0.5, 0.6) is 5.75 Å². The van der Waals surface area contributed by atoms with Crippen LogP contribution in [0, 0.1) is 5.92 Å². The van der Waals surface area contributed by atoms with E-state index < -0.39 is 18.6 Å². The van der Waals surface area contributed by atoms with Crippen molar-refractivity contribution >= 4 is 17.6 Å². The SMILES string of the molecule is CC(C(=O)Nc1ccc(OC(F)F)cc1)N1CCC(C(=O)O)CC1. The maximum atomic E-state index is 12.3. The number of hydrogen-bond acceptors (Lipinski definition) is 4. The summed E-state index contributed by atoms with van der Waals surface area (Å²) >= 11 is 0. The minimum Gasteiger partial charge on any atom is -0.481 e. The van der Waals surface area contributed by atoms with E-state index in [0.29, 0.717) is 31.6 Å². The molecule has 1 atom stereocenters. The van der Waals surface area contributed by atoms with Crippen molar-refractivity contribution in [2.75, 3.05) is 18.4 Å². The Balaban J connectivity index is 1.86. The molecule has 0 saturated carbocycles. The summed E-state index contributed by atoms with van der Waals surface area (Å²) < 4.78 is 28.4. The number of hydrogen-bond donors (Lipinski definition) is 2. The van der Waals surface area contributed by atoms with E-state index in [0.717, 1.165) is 0 Å². The summed E-state index contributed by atoms with van der Waals surface area (Å²) in [6.07, 6.45) is 1.04. The van der Waals surface area contributed by atoms with Gasteiger partial charge in [0.15, 0.2) is 0 Å². The number of benzene rings is 1. The number of carbonyl (C=O) groups excluding carboxylic acids is 1. The number of piperidine rings is 1. The first kappa shape index (κ1) is 18.1. The third kappa shape index (κ3) is 4.89. The number of amides is 1. The number of halogens is 2. The molecule has 1 amide bonds. The van der Waals surface area contributed by atoms with Gasteiger partial charge in [-0.15, -0.1) is 0 Å². The van der Waals surface area contributed by atoms with Crippen LogP contribution in [0.25, 0.3) is 0 Å². The number of anilines is 1. The first-order valence-corrected chi connectivity index (χ1v) is 7.69. The summed E-state index contributed by atoms with van der Waals surface area (Å²) in [7, 11) is 0. The van der Waals surface area contributed by atoms with Crippen molar-refractivity contribution in [3.05, 3.63) is 24.3 Å². The van der Waals surface area contributed by atoms with Crippen LogP contribution in [0.3, 0.4) is 0 Å². The highest BCUT2D eigenvalue weighted by atomic mass is 19.3. The van der Waals surface area contributed by atoms with Crippen molar-refractivity contribution in [2.45, 2.75) is 32.4 Å². The van der Waals surface area contributed by atoms with Crippen LogP contribution in [0.2, 0.25) is 0 Å². The third-order valence-electron chi connectivity index (χ3n) is 4.15. The lowest BCUT2D eigenvalue weighted by atomic mass is 9.96. The summed E-state index contributed by atoms with van der Waals surface area (Å²) in [5, 5.41) is 11.7. The normalized spacial score (nSPS) is 17.5. The van der Waals surface area contributed by atoms with Gasteiger partial charge in [0.05, 0.1) is 12.0 Å². The van der Waals surface area contributed by atoms with Crippen LogP contribution in [0.15, 0.2) is 24.3 Å². The van der Waals surface area contributed by atoms with Gasteiger partial charge in [-0.1, -0.05) is 0 Å². The Kier molecular flexibility index (Phi) is 6.08. The van der Waals surface area contributed by atoms with Crippen molar-refractivity contribution in [3.63, 3.8) is 0 Å². The molecule has 0 aliphatic carbocycles. The molecule has 0 radical (unpaired) electrons. The van der Waals surface area contributed by atoms with Gasteiger partial charge >= 0.3 is 12.6 Å². The second kappa shape index (κ2) is 8.05. The van der Waals surface area contributed by atoms with Crippen molar-refractivity contribution in [2.24, 2.45) is 5.92 Å². The van der Waals surface area contributed by atoms with E-state index >= 15 is 0 Å². The maximum Gasteiger partial charge on any atom is 0.387 e. The molecule has 132 valence electrons. The number of carboxylic acids is 1. The predicted molar refractivity (Wildman–Crippen MR) is 83.1 cm³/mol. The van der Waals surface area contributed by atoms with Crippen LogP contribution >= 0.6 is 0 Å². The molecule has 0 bridgehead atoms. The second-order valence-electron chi connectivity index (χ2n) is 5.72. The highest BCUT2D eigenvalue weighted by molar-refractivity contribution is 5.94. The summed E-state index contributed by atoms with van der Waals surface area (Å²) in [6, 6.07) is 5.27. The van der Waals surface area contributed by atoms with Gasteiger partial charge in [-0.05, 0) is 57.1 Å². The van der Waals surface area contributed by atoms with Crippen molar-refractivity contribution < 1.29 is 28.2 Å². The fraction of sp³-hybridized carbons (Fsp3) is 0.500. The van der Waals surface area contributed by atoms with Gasteiger partial charge in [0.25, 0.3) is 0 Å². The topological polar surface area (TPSA) is 78.9 Å². The van der Waals surface area contributed by atoms with Gasteiger partial charge in [0.2, 0.25) is 5.91 Å². The molecule has 2 N–H and O–H groups in total. The molecular formula is C16H20F2N2O4. The van der Waals surface area contributed by atoms with Crippen LogP contribution < -0.4 is 10.1 Å². The van der Waals surface area contributed by atoms with E-state index in [9.17, 15) is 18.4 Å². The zero-order valence-corrected chi connectivity index (χ0v) is 13.2. The summed E-state index contributed by atoms with van der Waals surface area (Å²) in [5.41, 5.74) is 0.480. The second-order valence-corrected chi connectivity index (χ2v) is 5.72. The largest absolute Gasteiger partial charge is 0.481 e. The Hall–Kier alpha value is -2.22. The Morgan fingerprint density at radius 3 is 2.33 bits per heavy atom. The summed E-state index contributed by atoms with van der Waals surface area (Å²) in [6.45, 7) is -0.0383. The van der Waals surface area contributed by atoms with Crippen LogP contribution in [-0.2, 0) is 9.59 Å². The van der Waals surface area contributed by atoms with Gasteiger partial charge < -0.3 is 15.2 Å². The van der Waals surface area contributed by atoms with E-state index in [2.05, 4.69) is 10.1 Å². The number of nitrogens with one attached hydrogen (secondary N) is 1. The molecule has 6 nitrogen and oxygen atoms in total. The number of ether oxygens (including phenoxy) is 1. The van der Waals surface area contributed by atoms with Crippen LogP contribution in [0.1, 0.15) is 19.8 Å². The Bertz CT molecular complexity index is 572. The van der Waals surface area contributed by atoms with Gasteiger partial charge in [-0.3, -0.25) is 14.5 Å². The first-order valence-electron chi connectivity index (χ1n) is 7.69. The molecule has 1 heterocycles. The van der Waals surface area contributed by atoms with Gasteiger partial charge in [-0.2, -0.15) is 8.78 Å². The fourth-order valence-corrected chi connectivity index (χ4v) is 2.67. The molecule has 1 unspecified atom stereocenters. The Morgan fingerprint density at radius 1 is 1.25 bits per heavy atom. The molecule has 1 saturated heterocycles. The highest BCUT2D eigenvalue weighted by Crippen LogP contribution is 2.21. The number of rotatable bonds is 6. The molecule has 0 aromatic heterocycles. The van der Waals surface area contributed by atoms with Gasteiger partial charge in [0, 0.05) is 5.69 Å². The van der Waals surface area contributed by atoms with E-state index in [-0.39, 0.29) is 17.6 Å². The molecule has 1 fully saturated rings. The number of carbonyl (C=O) groups is 2. The molecule has 1 aromatic rings. The number of likely N-dealkylation sites (tertiary alicyclic amines) is 1. The Morgan fingerprint density at radius 2 is 1.83 bits per heavy atom. The summed E-state index contributed by atoms with van der Waals surface area (Å²) in [4.78, 5) is 25.1. The molecule has 2 rings (SSSR count). The Labute approximate surface area is 138 Å². The van der Waals surface area contributed by atoms with E-state index in [4.69, 9.17) is 5.11 Å². The van der Waals surface area contributed by atoms with E-state index in [1.165, 1.54) is 24.3 Å². The minimum atomic E-state index is -2.89. The lowest BCUT2D eigenvalue weighted by Gasteiger charge is -2.33. The van der Waals surface area contributed by atoms with Crippen molar-refractivity contribution in [1.29, 1.82) is 0 Å². The van der Waals surface area contributed by atoms with Crippen LogP contribution in [0.4, 0.5) is 14.5 Å². The monoisotopic (exact) mass is 342 g/mol. The molecule has 1 aliphatic heterocycles. The standard InChI is InChI=1S/C16H20F2N2O4/c1-10(20-8-6-11(7-9-20)15(22)23)14(21)19-12-2-4-13(5-3-12)24-16(17)18/h2-5,10-11,16H,6-9H2,1H3,(H,19,21)(H,22,23). The number of carboxylic acid groups (broad SMARTS) is 1. The van der Waals surface area contributed by atoms with Crippen molar-refractivity contribution in [1.82, 2.24) is 4.90 Å². The van der Waals surface area contributed by atoms with Gasteiger partial charge in [0.1, 0.15) is 5.75 Å².